The summed E-state index contributed by atoms with van der Waals surface area (Å²) in [6.45, 7) is 0. The maximum absolute atomic E-state index is 6.24. The second-order valence-electron chi connectivity index (χ2n) is 5.59. The first-order valence-electron chi connectivity index (χ1n) is 7.21. The highest BCUT2D eigenvalue weighted by Gasteiger charge is 2.25. The Kier molecular flexibility index (Phi) is 3.54. The van der Waals surface area contributed by atoms with Crippen LogP contribution in [0.5, 0.6) is 5.75 Å². The van der Waals surface area contributed by atoms with Crippen LogP contribution in [0.4, 0.5) is 0 Å². The Morgan fingerprint density at radius 1 is 1.41 bits per heavy atom. The molecular weight excluding hydrogens is 278 g/mol. The van der Waals surface area contributed by atoms with E-state index in [4.69, 9.17) is 16.2 Å². The fourth-order valence-corrected chi connectivity index (χ4v) is 2.80. The molecule has 1 atom stereocenters. The molecule has 0 spiro atoms. The predicted octanol–water partition coefficient (Wildman–Crippen LogP) is 1.21. The number of amidine groups is 1. The number of nitrogens with zero attached hydrogens (tertiary/aromatic N) is 2. The Labute approximate surface area is 129 Å². The number of benzene rings is 1. The summed E-state index contributed by atoms with van der Waals surface area (Å²) >= 11 is 0. The molecule has 0 aliphatic carbocycles. The molecule has 0 bridgehead atoms. The monoisotopic (exact) mass is 299 g/mol. The number of fused-ring (bicyclic) bond motifs is 1. The minimum atomic E-state index is -0.847. The molecule has 116 valence electrons. The summed E-state index contributed by atoms with van der Waals surface area (Å²) in [7, 11) is 3.71. The molecule has 5 N–H and O–H groups in total. The molecule has 0 saturated heterocycles. The topological polar surface area (TPSA) is 90.6 Å². The Morgan fingerprint density at radius 2 is 2.23 bits per heavy atom. The van der Waals surface area contributed by atoms with Gasteiger partial charge in [-0.25, -0.2) is 4.99 Å². The number of ether oxygens (including phenoxy) is 1. The summed E-state index contributed by atoms with van der Waals surface area (Å²) in [4.78, 5) is 4.29. The van der Waals surface area contributed by atoms with Gasteiger partial charge in [0.15, 0.2) is 5.79 Å². The van der Waals surface area contributed by atoms with Gasteiger partial charge in [0.2, 0.25) is 0 Å². The first-order valence-corrected chi connectivity index (χ1v) is 7.21. The molecule has 1 aromatic heterocycles. The average molecular weight is 299 g/mol. The van der Waals surface area contributed by atoms with Crippen LogP contribution >= 0.6 is 0 Å². The van der Waals surface area contributed by atoms with Crippen molar-refractivity contribution in [2.75, 3.05) is 7.11 Å². The molecule has 1 unspecified atom stereocenters. The molecule has 2 heterocycles. The highest BCUT2D eigenvalue weighted by atomic mass is 16.5. The summed E-state index contributed by atoms with van der Waals surface area (Å²) in [5.41, 5.74) is 14.4. The normalized spacial score (nSPS) is 20.8. The molecule has 6 nitrogen and oxygen atoms in total. The van der Waals surface area contributed by atoms with E-state index < -0.39 is 5.79 Å². The summed E-state index contributed by atoms with van der Waals surface area (Å²) in [6.07, 6.45) is 7.01. The van der Waals surface area contributed by atoms with E-state index in [0.29, 0.717) is 12.3 Å². The van der Waals surface area contributed by atoms with E-state index in [1.54, 1.807) is 19.4 Å². The van der Waals surface area contributed by atoms with Crippen LogP contribution in [0.3, 0.4) is 0 Å². The van der Waals surface area contributed by atoms with Crippen LogP contribution in [0.2, 0.25) is 0 Å². The van der Waals surface area contributed by atoms with Gasteiger partial charge in [-0.05, 0) is 36.3 Å². The third-order valence-corrected chi connectivity index (χ3v) is 3.97. The van der Waals surface area contributed by atoms with Crippen molar-refractivity contribution in [3.8, 4) is 5.75 Å². The van der Waals surface area contributed by atoms with Crippen molar-refractivity contribution < 1.29 is 4.74 Å². The van der Waals surface area contributed by atoms with Gasteiger partial charge in [0, 0.05) is 36.8 Å². The maximum Gasteiger partial charge on any atom is 0.184 e. The van der Waals surface area contributed by atoms with Gasteiger partial charge in [0.1, 0.15) is 11.6 Å². The lowest BCUT2D eigenvalue weighted by Crippen LogP contribution is -2.52. The zero-order valence-corrected chi connectivity index (χ0v) is 12.8. The van der Waals surface area contributed by atoms with E-state index >= 15 is 0 Å². The third kappa shape index (κ3) is 2.65. The number of aryl methyl sites for hydroxylation is 2. The highest BCUT2D eigenvalue weighted by molar-refractivity contribution is 5.92. The van der Waals surface area contributed by atoms with Gasteiger partial charge in [0.25, 0.3) is 0 Å². The van der Waals surface area contributed by atoms with Crippen LogP contribution in [0.25, 0.3) is 10.9 Å². The smallest absolute Gasteiger partial charge is 0.184 e. The fraction of sp³-hybridized carbons (Fsp3) is 0.312. The van der Waals surface area contributed by atoms with Gasteiger partial charge in [-0.2, -0.15) is 0 Å². The maximum atomic E-state index is 6.24. The molecular formula is C16H21N5O. The highest BCUT2D eigenvalue weighted by Crippen LogP contribution is 2.27. The second-order valence-corrected chi connectivity index (χ2v) is 5.59. The molecule has 0 fully saturated rings. The Bertz CT molecular complexity index is 761. The van der Waals surface area contributed by atoms with Crippen molar-refractivity contribution in [2.24, 2.45) is 23.5 Å². The molecule has 0 amide bonds. The van der Waals surface area contributed by atoms with Crippen LogP contribution in [-0.4, -0.2) is 23.3 Å². The average Bonchev–Trinajstić information content (AvgIpc) is 2.81. The molecule has 0 saturated carbocycles. The van der Waals surface area contributed by atoms with Gasteiger partial charge in [-0.15, -0.1) is 0 Å². The molecule has 1 aromatic carbocycles. The molecule has 1 aliphatic rings. The van der Waals surface area contributed by atoms with Crippen LogP contribution in [0.15, 0.2) is 41.7 Å². The number of hydrogen-bond acceptors (Lipinski definition) is 5. The molecule has 6 heteroatoms. The number of aliphatic imine (C=N–C) groups is 1. The van der Waals surface area contributed by atoms with Gasteiger partial charge in [0.05, 0.1) is 7.11 Å². The largest absolute Gasteiger partial charge is 0.497 e. The summed E-state index contributed by atoms with van der Waals surface area (Å²) in [5.74, 6) is 0.448. The molecule has 0 radical (unpaired) electrons. The van der Waals surface area contributed by atoms with Crippen molar-refractivity contribution in [3.63, 3.8) is 0 Å². The number of rotatable bonds is 4. The number of nitrogens with one attached hydrogen (secondary N) is 1. The number of hydrogen-bond donors (Lipinski definition) is 3. The van der Waals surface area contributed by atoms with Gasteiger partial charge in [-0.3, -0.25) is 5.73 Å². The lowest BCUT2D eigenvalue weighted by atomic mass is 10.0. The lowest BCUT2D eigenvalue weighted by molar-refractivity contribution is 0.364. The predicted molar refractivity (Wildman–Crippen MR) is 88.6 cm³/mol. The summed E-state index contributed by atoms with van der Waals surface area (Å²) < 4.78 is 7.43. The van der Waals surface area contributed by atoms with Crippen molar-refractivity contribution in [2.45, 2.75) is 18.6 Å². The van der Waals surface area contributed by atoms with E-state index in [0.717, 1.165) is 12.2 Å². The van der Waals surface area contributed by atoms with Gasteiger partial charge in [-0.1, -0.05) is 0 Å². The summed E-state index contributed by atoms with van der Waals surface area (Å²) in [5, 5.41) is 4.25. The first kappa shape index (κ1) is 14.5. The number of nitrogens with two attached hydrogens (primary N) is 2. The van der Waals surface area contributed by atoms with Crippen LogP contribution in [0.1, 0.15) is 12.0 Å². The first-order chi connectivity index (χ1) is 10.5. The third-order valence-electron chi connectivity index (χ3n) is 3.97. The molecule has 1 aliphatic heterocycles. The van der Waals surface area contributed by atoms with Crippen molar-refractivity contribution in [1.29, 1.82) is 0 Å². The van der Waals surface area contributed by atoms with Crippen molar-refractivity contribution >= 4 is 16.7 Å². The number of methoxy groups -OCH3 is 1. The Hall–Kier alpha value is -2.47. The van der Waals surface area contributed by atoms with E-state index in [-0.39, 0.29) is 0 Å². The second kappa shape index (κ2) is 5.38. The van der Waals surface area contributed by atoms with Crippen molar-refractivity contribution in [3.05, 3.63) is 42.2 Å². The van der Waals surface area contributed by atoms with Crippen LogP contribution in [-0.2, 0) is 13.5 Å². The molecule has 3 rings (SSSR count). The van der Waals surface area contributed by atoms with Gasteiger partial charge < -0.3 is 20.4 Å². The van der Waals surface area contributed by atoms with E-state index in [9.17, 15) is 0 Å². The molecule has 2 aromatic rings. The van der Waals surface area contributed by atoms with E-state index in [1.165, 1.54) is 16.5 Å². The fourth-order valence-electron chi connectivity index (χ4n) is 2.80. The molecule has 22 heavy (non-hydrogen) atoms. The minimum absolute atomic E-state index is 0.445. The van der Waals surface area contributed by atoms with Crippen LogP contribution < -0.4 is 21.5 Å². The Morgan fingerprint density at radius 3 is 2.95 bits per heavy atom. The Balaban J connectivity index is 1.86. The van der Waals surface area contributed by atoms with E-state index in [1.807, 2.05) is 13.1 Å². The quantitative estimate of drug-likeness (QED) is 0.791. The van der Waals surface area contributed by atoms with Crippen molar-refractivity contribution in [1.82, 2.24) is 9.88 Å². The van der Waals surface area contributed by atoms with Crippen LogP contribution in [0, 0.1) is 0 Å². The SMILES string of the molecule is COc1ccc2c(c1)c(CCC1(N)N=C(N)C=CN1)cn2C. The lowest BCUT2D eigenvalue weighted by Gasteiger charge is -2.28. The number of aromatic nitrogens is 1. The zero-order chi connectivity index (χ0) is 15.7. The van der Waals surface area contributed by atoms with E-state index in [2.05, 4.69) is 33.2 Å². The zero-order valence-electron chi connectivity index (χ0n) is 12.8. The summed E-state index contributed by atoms with van der Waals surface area (Å²) in [6, 6.07) is 6.09. The minimum Gasteiger partial charge on any atom is -0.497 e. The van der Waals surface area contributed by atoms with Gasteiger partial charge >= 0.3 is 0 Å². The standard InChI is InChI=1S/C16H21N5O/c1-21-10-11(13-9-12(22-2)3-4-14(13)21)5-7-16(18)19-8-6-15(17)20-16/h3-4,6,8-10,19H,5,7,18H2,1-2H3,(H2,17,20).